The largest absolute Gasteiger partial charge is 0.369 e. The molecule has 1 fully saturated rings. The van der Waals surface area contributed by atoms with Crippen LogP contribution in [0.15, 0.2) is 0 Å². The molecule has 1 saturated heterocycles. The minimum Gasteiger partial charge on any atom is -0.369 e. The van der Waals surface area contributed by atoms with Crippen LogP contribution in [0.5, 0.6) is 0 Å². The number of hydrogen-bond acceptors (Lipinski definition) is 5. The summed E-state index contributed by atoms with van der Waals surface area (Å²) in [6.45, 7) is 6.02. The molecule has 1 aliphatic heterocycles. The molecule has 6 nitrogen and oxygen atoms in total. The molecule has 0 spiro atoms. The Balaban J connectivity index is 2.30. The molecular weight excluding hydrogens is 226 g/mol. The second kappa shape index (κ2) is 5.27. The van der Waals surface area contributed by atoms with Crippen molar-refractivity contribution in [1.29, 1.82) is 0 Å². The predicted molar refractivity (Wildman–Crippen MR) is 57.5 cm³/mol. The summed E-state index contributed by atoms with van der Waals surface area (Å²) in [4.78, 5) is 38.2. The highest BCUT2D eigenvalue weighted by Gasteiger charge is 2.32. The summed E-state index contributed by atoms with van der Waals surface area (Å²) in [6, 6.07) is 0. The van der Waals surface area contributed by atoms with Crippen molar-refractivity contribution in [3.63, 3.8) is 0 Å². The van der Waals surface area contributed by atoms with Crippen LogP contribution >= 0.6 is 0 Å². The van der Waals surface area contributed by atoms with Crippen LogP contribution in [0.1, 0.15) is 33.6 Å². The van der Waals surface area contributed by atoms with Crippen molar-refractivity contribution in [1.82, 2.24) is 5.06 Å². The lowest BCUT2D eigenvalue weighted by Gasteiger charge is -2.18. The highest BCUT2D eigenvalue weighted by atomic mass is 16.7. The van der Waals surface area contributed by atoms with Crippen molar-refractivity contribution < 1.29 is 24.0 Å². The third kappa shape index (κ3) is 4.52. The predicted octanol–water partition coefficient (Wildman–Crippen LogP) is 0.656. The molecule has 6 heteroatoms. The van der Waals surface area contributed by atoms with Gasteiger partial charge in [-0.15, -0.1) is 5.06 Å². The third-order valence-corrected chi connectivity index (χ3v) is 1.95. The molecule has 0 saturated carbocycles. The van der Waals surface area contributed by atoms with Crippen LogP contribution in [-0.2, 0) is 24.0 Å². The molecule has 0 atom stereocenters. The highest BCUT2D eigenvalue weighted by Crippen LogP contribution is 2.14. The van der Waals surface area contributed by atoms with E-state index in [2.05, 4.69) is 4.84 Å². The fourth-order valence-corrected chi connectivity index (χ4v) is 1.23. The molecule has 96 valence electrons. The second-order valence-corrected chi connectivity index (χ2v) is 5.10. The number of rotatable bonds is 4. The van der Waals surface area contributed by atoms with Crippen molar-refractivity contribution in [2.45, 2.75) is 33.6 Å². The lowest BCUT2D eigenvalue weighted by molar-refractivity contribution is -0.200. The van der Waals surface area contributed by atoms with E-state index in [1.807, 2.05) is 20.8 Å². The average molecular weight is 243 g/mol. The Labute approximate surface area is 99.8 Å². The van der Waals surface area contributed by atoms with Gasteiger partial charge < -0.3 is 9.57 Å². The fourth-order valence-electron chi connectivity index (χ4n) is 1.23. The lowest BCUT2D eigenvalue weighted by atomic mass is 9.99. The molecule has 17 heavy (non-hydrogen) atoms. The molecule has 0 radical (unpaired) electrons. The van der Waals surface area contributed by atoms with Gasteiger partial charge in [0, 0.05) is 12.8 Å². The van der Waals surface area contributed by atoms with Crippen LogP contribution in [0, 0.1) is 5.41 Å². The first-order valence-corrected chi connectivity index (χ1v) is 5.44. The number of carbonyl (C=O) groups excluding carboxylic acids is 3. The van der Waals surface area contributed by atoms with Crippen molar-refractivity contribution in [3.8, 4) is 0 Å². The second-order valence-electron chi connectivity index (χ2n) is 5.10. The van der Waals surface area contributed by atoms with Gasteiger partial charge in [-0.2, -0.15) is 0 Å². The van der Waals surface area contributed by atoms with Gasteiger partial charge >= 0.3 is 5.97 Å². The van der Waals surface area contributed by atoms with Crippen molar-refractivity contribution in [2.24, 2.45) is 5.41 Å². The zero-order valence-electron chi connectivity index (χ0n) is 10.3. The summed E-state index contributed by atoms with van der Waals surface area (Å²) in [6.07, 6.45) is 0.184. The van der Waals surface area contributed by atoms with Gasteiger partial charge in [-0.3, -0.25) is 9.59 Å². The zero-order valence-corrected chi connectivity index (χ0v) is 10.3. The molecule has 1 aliphatic rings. The Hall–Kier alpha value is -1.43. The van der Waals surface area contributed by atoms with Crippen LogP contribution in [-0.4, -0.2) is 36.1 Å². The number of amides is 2. The maximum absolute atomic E-state index is 11.3. The molecule has 0 aliphatic carbocycles. The topological polar surface area (TPSA) is 72.9 Å². The summed E-state index contributed by atoms with van der Waals surface area (Å²) >= 11 is 0. The molecule has 1 heterocycles. The summed E-state index contributed by atoms with van der Waals surface area (Å²) < 4.78 is 5.12. The molecule has 1 rings (SSSR count). The van der Waals surface area contributed by atoms with Crippen LogP contribution < -0.4 is 0 Å². The SMILES string of the molecule is CC(C)(C)COCC(=O)ON1C(=O)CCC1=O. The Bertz CT molecular complexity index is 315. The Morgan fingerprint density at radius 2 is 1.76 bits per heavy atom. The van der Waals surface area contributed by atoms with Crippen LogP contribution in [0.4, 0.5) is 0 Å². The summed E-state index contributed by atoms with van der Waals surface area (Å²) in [5, 5.41) is 0.517. The van der Waals surface area contributed by atoms with Crippen LogP contribution in [0.25, 0.3) is 0 Å². The van der Waals surface area contributed by atoms with Crippen molar-refractivity contribution in [2.75, 3.05) is 13.2 Å². The van der Waals surface area contributed by atoms with E-state index in [9.17, 15) is 14.4 Å². The van der Waals surface area contributed by atoms with Gasteiger partial charge in [-0.1, -0.05) is 20.8 Å². The quantitative estimate of drug-likeness (QED) is 0.678. The first-order valence-electron chi connectivity index (χ1n) is 5.44. The monoisotopic (exact) mass is 243 g/mol. The minimum atomic E-state index is -0.738. The van der Waals surface area contributed by atoms with Crippen molar-refractivity contribution in [3.05, 3.63) is 0 Å². The standard InChI is InChI=1S/C11H17NO5/c1-11(2,3)7-16-6-10(15)17-12-8(13)4-5-9(12)14/h4-7H2,1-3H3. The number of hydrogen-bond donors (Lipinski definition) is 0. The van der Waals surface area contributed by atoms with Gasteiger partial charge in [0.1, 0.15) is 6.61 Å². The molecular formula is C11H17NO5. The highest BCUT2D eigenvalue weighted by molar-refractivity contribution is 6.01. The summed E-state index contributed by atoms with van der Waals surface area (Å²) in [5.74, 6) is -1.71. The van der Waals surface area contributed by atoms with Gasteiger partial charge in [0.25, 0.3) is 11.8 Å². The first-order chi connectivity index (χ1) is 7.79. The Morgan fingerprint density at radius 1 is 1.24 bits per heavy atom. The van der Waals surface area contributed by atoms with Crippen molar-refractivity contribution >= 4 is 17.8 Å². The smallest absolute Gasteiger partial charge is 0.358 e. The summed E-state index contributed by atoms with van der Waals surface area (Å²) in [7, 11) is 0. The number of imide groups is 1. The average Bonchev–Trinajstić information content (AvgIpc) is 2.47. The number of ether oxygens (including phenoxy) is 1. The normalized spacial score (nSPS) is 16.5. The van der Waals surface area contributed by atoms with Crippen LogP contribution in [0.2, 0.25) is 0 Å². The first kappa shape index (κ1) is 13.6. The van der Waals surface area contributed by atoms with Gasteiger partial charge in [-0.25, -0.2) is 4.79 Å². The molecule has 0 bridgehead atoms. The van der Waals surface area contributed by atoms with Crippen LogP contribution in [0.3, 0.4) is 0 Å². The Morgan fingerprint density at radius 3 is 2.24 bits per heavy atom. The molecule has 0 aromatic heterocycles. The lowest BCUT2D eigenvalue weighted by Crippen LogP contribution is -2.33. The van der Waals surface area contributed by atoms with Gasteiger partial charge in [0.05, 0.1) is 6.61 Å². The van der Waals surface area contributed by atoms with E-state index in [1.54, 1.807) is 0 Å². The van der Waals surface area contributed by atoms with E-state index in [4.69, 9.17) is 4.74 Å². The van der Waals surface area contributed by atoms with Gasteiger partial charge in [-0.05, 0) is 5.41 Å². The molecule has 0 aromatic rings. The van der Waals surface area contributed by atoms with E-state index >= 15 is 0 Å². The minimum absolute atomic E-state index is 0.0560. The number of hydroxylamine groups is 2. The van der Waals surface area contributed by atoms with E-state index in [-0.39, 0.29) is 24.9 Å². The molecule has 2 amide bonds. The van der Waals surface area contributed by atoms with Gasteiger partial charge in [0.2, 0.25) is 0 Å². The molecule has 0 N–H and O–H groups in total. The molecule has 0 unspecified atom stereocenters. The maximum atomic E-state index is 11.3. The van der Waals surface area contributed by atoms with E-state index in [0.717, 1.165) is 0 Å². The van der Waals surface area contributed by atoms with Gasteiger partial charge in [0.15, 0.2) is 0 Å². The summed E-state index contributed by atoms with van der Waals surface area (Å²) in [5.41, 5.74) is -0.0560. The fraction of sp³-hybridized carbons (Fsp3) is 0.727. The van der Waals surface area contributed by atoms with E-state index < -0.39 is 17.8 Å². The van der Waals surface area contributed by atoms with E-state index in [0.29, 0.717) is 11.7 Å². The van der Waals surface area contributed by atoms with E-state index in [1.165, 1.54) is 0 Å². The number of nitrogens with zero attached hydrogens (tertiary/aromatic N) is 1. The molecule has 0 aromatic carbocycles. The zero-order chi connectivity index (χ0) is 13.1. The Kier molecular flexibility index (Phi) is 4.22. The number of carbonyl (C=O) groups is 3. The third-order valence-electron chi connectivity index (χ3n) is 1.95. The maximum Gasteiger partial charge on any atom is 0.358 e.